The number of nitrogens with one attached hydrogen (secondary N) is 1. The Morgan fingerprint density at radius 2 is 2.12 bits per heavy atom. The van der Waals surface area contributed by atoms with Gasteiger partial charge in [0.05, 0.1) is 4.47 Å². The maximum absolute atomic E-state index is 12.9. The van der Waals surface area contributed by atoms with Crippen molar-refractivity contribution < 1.29 is 9.13 Å². The van der Waals surface area contributed by atoms with Gasteiger partial charge in [0, 0.05) is 12.6 Å². The number of halogens is 2. The van der Waals surface area contributed by atoms with Gasteiger partial charge >= 0.3 is 0 Å². The van der Waals surface area contributed by atoms with Crippen LogP contribution >= 0.6 is 15.9 Å². The molecule has 0 aliphatic heterocycles. The Bertz CT molecular complexity index is 359. The van der Waals surface area contributed by atoms with E-state index in [4.69, 9.17) is 4.74 Å². The Balaban J connectivity index is 2.47. The largest absolute Gasteiger partial charge is 0.488 e. The van der Waals surface area contributed by atoms with Crippen LogP contribution in [-0.2, 0) is 0 Å². The van der Waals surface area contributed by atoms with Gasteiger partial charge in [0.25, 0.3) is 0 Å². The number of benzene rings is 1. The number of hydrogen-bond donors (Lipinski definition) is 1. The molecule has 0 aliphatic rings. The molecule has 1 aromatic rings. The molecule has 4 heteroatoms. The first-order chi connectivity index (χ1) is 8.02. The predicted octanol–water partition coefficient (Wildman–Crippen LogP) is 3.74. The summed E-state index contributed by atoms with van der Waals surface area (Å²) in [4.78, 5) is 0. The highest BCUT2D eigenvalue weighted by Crippen LogP contribution is 2.26. The Kier molecular flexibility index (Phi) is 5.92. The van der Waals surface area contributed by atoms with Gasteiger partial charge in [-0.05, 0) is 54.4 Å². The predicted molar refractivity (Wildman–Crippen MR) is 71.9 cm³/mol. The first-order valence-corrected chi connectivity index (χ1v) is 6.67. The lowest BCUT2D eigenvalue weighted by molar-refractivity contribution is 0.210. The molecule has 2 nitrogen and oxygen atoms in total. The van der Waals surface area contributed by atoms with E-state index in [1.807, 2.05) is 6.92 Å². The lowest BCUT2D eigenvalue weighted by Crippen LogP contribution is -2.34. The quantitative estimate of drug-likeness (QED) is 0.864. The lowest BCUT2D eigenvalue weighted by Gasteiger charge is -2.19. The van der Waals surface area contributed by atoms with Crippen LogP contribution in [0.2, 0.25) is 0 Å². The van der Waals surface area contributed by atoms with Gasteiger partial charge in [-0.3, -0.25) is 0 Å². The normalized spacial score (nSPS) is 14.4. The van der Waals surface area contributed by atoms with Crippen LogP contribution in [0.1, 0.15) is 27.2 Å². The monoisotopic (exact) mass is 303 g/mol. The molecule has 1 N–H and O–H groups in total. The van der Waals surface area contributed by atoms with Gasteiger partial charge in [0.15, 0.2) is 0 Å². The zero-order valence-corrected chi connectivity index (χ0v) is 12.1. The van der Waals surface area contributed by atoms with Crippen LogP contribution in [0.15, 0.2) is 22.7 Å². The van der Waals surface area contributed by atoms with Gasteiger partial charge in [-0.15, -0.1) is 0 Å². The van der Waals surface area contributed by atoms with E-state index in [-0.39, 0.29) is 11.9 Å². The fourth-order valence-electron chi connectivity index (χ4n) is 1.34. The average molecular weight is 304 g/mol. The number of ether oxygens (including phenoxy) is 1. The summed E-state index contributed by atoms with van der Waals surface area (Å²) in [5, 5.41) is 3.37. The molecule has 0 bridgehead atoms. The second-order valence-corrected chi connectivity index (χ2v) is 5.08. The molecule has 0 aliphatic carbocycles. The Hall–Kier alpha value is -0.610. The summed E-state index contributed by atoms with van der Waals surface area (Å²) in [5.74, 6) is 0.402. The van der Waals surface area contributed by atoms with Gasteiger partial charge < -0.3 is 10.1 Å². The fraction of sp³-hybridized carbons (Fsp3) is 0.538. The van der Waals surface area contributed by atoms with Gasteiger partial charge in [-0.2, -0.15) is 0 Å². The Morgan fingerprint density at radius 1 is 1.41 bits per heavy atom. The Morgan fingerprint density at radius 3 is 2.71 bits per heavy atom. The molecule has 96 valence electrons. The van der Waals surface area contributed by atoms with Crippen molar-refractivity contribution in [3.05, 3.63) is 28.5 Å². The molecule has 2 atom stereocenters. The summed E-state index contributed by atoms with van der Waals surface area (Å²) in [7, 11) is 0. The summed E-state index contributed by atoms with van der Waals surface area (Å²) in [5.41, 5.74) is 0. The van der Waals surface area contributed by atoms with E-state index in [0.29, 0.717) is 16.3 Å². The van der Waals surface area contributed by atoms with E-state index in [2.05, 4.69) is 35.1 Å². The molecule has 0 spiro atoms. The molecule has 0 aromatic heterocycles. The van der Waals surface area contributed by atoms with Crippen molar-refractivity contribution in [3.63, 3.8) is 0 Å². The third kappa shape index (κ3) is 5.04. The maximum atomic E-state index is 12.9. The van der Waals surface area contributed by atoms with Gasteiger partial charge in [-0.25, -0.2) is 4.39 Å². The molecule has 2 unspecified atom stereocenters. The van der Waals surface area contributed by atoms with Crippen molar-refractivity contribution in [1.29, 1.82) is 0 Å². The van der Waals surface area contributed by atoms with Crippen LogP contribution in [-0.4, -0.2) is 18.7 Å². The summed E-state index contributed by atoms with van der Waals surface area (Å²) in [6.07, 6.45) is 1.14. The van der Waals surface area contributed by atoms with E-state index in [1.165, 1.54) is 12.1 Å². The van der Waals surface area contributed by atoms with Crippen molar-refractivity contribution >= 4 is 15.9 Å². The molecule has 1 aromatic carbocycles. The first-order valence-electron chi connectivity index (χ1n) is 5.88. The van der Waals surface area contributed by atoms with Gasteiger partial charge in [0.2, 0.25) is 0 Å². The number of hydrogen-bond acceptors (Lipinski definition) is 2. The molecule has 0 fully saturated rings. The van der Waals surface area contributed by atoms with Crippen LogP contribution < -0.4 is 10.1 Å². The van der Waals surface area contributed by atoms with E-state index < -0.39 is 0 Å². The van der Waals surface area contributed by atoms with Gasteiger partial charge in [0.1, 0.15) is 17.7 Å². The van der Waals surface area contributed by atoms with Crippen LogP contribution in [0, 0.1) is 5.82 Å². The van der Waals surface area contributed by atoms with Crippen LogP contribution in [0.5, 0.6) is 5.75 Å². The lowest BCUT2D eigenvalue weighted by atomic mass is 10.2. The molecular weight excluding hydrogens is 285 g/mol. The molecular formula is C13H19BrFNO. The van der Waals surface area contributed by atoms with E-state index in [0.717, 1.165) is 13.0 Å². The minimum absolute atomic E-state index is 0.0470. The van der Waals surface area contributed by atoms with Crippen LogP contribution in [0.25, 0.3) is 0 Å². The molecule has 0 amide bonds. The second-order valence-electron chi connectivity index (χ2n) is 4.22. The van der Waals surface area contributed by atoms with Crippen molar-refractivity contribution in [3.8, 4) is 5.75 Å². The molecule has 17 heavy (non-hydrogen) atoms. The topological polar surface area (TPSA) is 21.3 Å². The first kappa shape index (κ1) is 14.5. The standard InChI is InChI=1S/C13H19BrFNO/c1-4-9(2)16-8-10(3)17-13-6-5-11(15)7-12(13)14/h5-7,9-10,16H,4,8H2,1-3H3. The summed E-state index contributed by atoms with van der Waals surface area (Å²) in [6.45, 7) is 7.05. The van der Waals surface area contributed by atoms with Crippen molar-refractivity contribution in [2.24, 2.45) is 0 Å². The van der Waals surface area contributed by atoms with Crippen LogP contribution in [0.4, 0.5) is 4.39 Å². The minimum Gasteiger partial charge on any atom is -0.488 e. The zero-order chi connectivity index (χ0) is 12.8. The van der Waals surface area contributed by atoms with E-state index >= 15 is 0 Å². The van der Waals surface area contributed by atoms with Crippen molar-refractivity contribution in [1.82, 2.24) is 5.32 Å². The van der Waals surface area contributed by atoms with Crippen LogP contribution in [0.3, 0.4) is 0 Å². The third-order valence-electron chi connectivity index (χ3n) is 2.59. The Labute approximate surface area is 111 Å². The highest BCUT2D eigenvalue weighted by atomic mass is 79.9. The minimum atomic E-state index is -0.269. The third-order valence-corrected chi connectivity index (χ3v) is 3.21. The molecule has 0 saturated heterocycles. The zero-order valence-electron chi connectivity index (χ0n) is 10.5. The van der Waals surface area contributed by atoms with Gasteiger partial charge in [-0.1, -0.05) is 6.92 Å². The average Bonchev–Trinajstić information content (AvgIpc) is 2.29. The summed E-state index contributed by atoms with van der Waals surface area (Å²) < 4.78 is 19.3. The maximum Gasteiger partial charge on any atom is 0.134 e. The SMILES string of the molecule is CCC(C)NCC(C)Oc1ccc(F)cc1Br. The van der Waals surface area contributed by atoms with Crippen molar-refractivity contribution in [2.45, 2.75) is 39.3 Å². The smallest absolute Gasteiger partial charge is 0.134 e. The summed E-state index contributed by atoms with van der Waals surface area (Å²) >= 11 is 3.28. The second kappa shape index (κ2) is 6.97. The van der Waals surface area contributed by atoms with E-state index in [1.54, 1.807) is 6.07 Å². The molecule has 0 saturated carbocycles. The fourth-order valence-corrected chi connectivity index (χ4v) is 1.78. The molecule has 0 heterocycles. The molecule has 0 radical (unpaired) electrons. The number of rotatable bonds is 6. The highest BCUT2D eigenvalue weighted by Gasteiger charge is 2.08. The highest BCUT2D eigenvalue weighted by molar-refractivity contribution is 9.10. The summed E-state index contributed by atoms with van der Waals surface area (Å²) in [6, 6.07) is 4.93. The van der Waals surface area contributed by atoms with Crippen molar-refractivity contribution in [2.75, 3.05) is 6.54 Å². The van der Waals surface area contributed by atoms with E-state index in [9.17, 15) is 4.39 Å². The molecule has 1 rings (SSSR count).